The van der Waals surface area contributed by atoms with Crippen molar-refractivity contribution in [3.63, 3.8) is 0 Å². The van der Waals surface area contributed by atoms with Gasteiger partial charge in [-0.3, -0.25) is 9.69 Å². The quantitative estimate of drug-likeness (QED) is 0.875. The topological polar surface area (TPSA) is 35.6 Å². The van der Waals surface area contributed by atoms with Gasteiger partial charge in [-0.15, -0.1) is 0 Å². The van der Waals surface area contributed by atoms with Crippen LogP contribution in [0, 0.1) is 11.6 Å². The van der Waals surface area contributed by atoms with Crippen molar-refractivity contribution in [1.29, 1.82) is 0 Å². The Balaban J connectivity index is 1.69. The summed E-state index contributed by atoms with van der Waals surface area (Å²) in [6.45, 7) is 4.35. The number of halogens is 2. The molecule has 0 spiro atoms. The van der Waals surface area contributed by atoms with Crippen LogP contribution in [0.3, 0.4) is 0 Å². The Morgan fingerprint density at radius 3 is 2.67 bits per heavy atom. The van der Waals surface area contributed by atoms with E-state index in [0.717, 1.165) is 17.7 Å². The number of likely N-dealkylation sites (N-methyl/N-ethyl adjacent to an activating group) is 1. The third-order valence-electron chi connectivity index (χ3n) is 5.25. The summed E-state index contributed by atoms with van der Waals surface area (Å²) in [5.41, 5.74) is 1.75. The van der Waals surface area contributed by atoms with Crippen LogP contribution in [0.25, 0.3) is 0 Å². The Bertz CT molecular complexity index is 781. The number of nitrogens with zero attached hydrogens (tertiary/aromatic N) is 2. The van der Waals surface area contributed by atoms with E-state index < -0.39 is 0 Å². The van der Waals surface area contributed by atoms with Gasteiger partial charge in [-0.05, 0) is 42.3 Å². The second-order valence-corrected chi connectivity index (χ2v) is 6.98. The monoisotopic (exact) mass is 373 g/mol. The number of hydrogen-bond donors (Lipinski definition) is 1. The van der Waals surface area contributed by atoms with Crippen molar-refractivity contribution < 1.29 is 13.6 Å². The molecular weight excluding hydrogens is 348 g/mol. The maximum atomic E-state index is 13.6. The highest BCUT2D eigenvalue weighted by Gasteiger charge is 2.28. The van der Waals surface area contributed by atoms with Crippen LogP contribution in [0.2, 0.25) is 0 Å². The summed E-state index contributed by atoms with van der Waals surface area (Å²) in [5.74, 6) is -0.583. The van der Waals surface area contributed by atoms with Gasteiger partial charge in [0, 0.05) is 32.7 Å². The summed E-state index contributed by atoms with van der Waals surface area (Å²) in [6, 6.07) is 12.5. The molecular formula is C21H25F2N3O. The predicted molar refractivity (Wildman–Crippen MR) is 101 cm³/mol. The molecule has 2 aromatic carbocycles. The van der Waals surface area contributed by atoms with Crippen molar-refractivity contribution in [3.05, 3.63) is 71.3 Å². The second kappa shape index (κ2) is 8.59. The van der Waals surface area contributed by atoms with Crippen molar-refractivity contribution in [2.45, 2.75) is 19.0 Å². The molecule has 27 heavy (non-hydrogen) atoms. The highest BCUT2D eigenvalue weighted by atomic mass is 19.1. The standard InChI is InChI=1S/C21H25F2N3O/c1-15(16-6-8-18(22)9-7-16)25(2)21(27)14-26-11-10-24-13-20(26)17-4-3-5-19(23)12-17/h3-9,12,15,20,24H,10-11,13-14H2,1-2H3. The van der Waals surface area contributed by atoms with Crippen molar-refractivity contribution in [1.82, 2.24) is 15.1 Å². The molecule has 1 N–H and O–H groups in total. The molecule has 0 saturated carbocycles. The van der Waals surface area contributed by atoms with E-state index >= 15 is 0 Å². The van der Waals surface area contributed by atoms with Crippen LogP contribution in [-0.2, 0) is 4.79 Å². The minimum Gasteiger partial charge on any atom is -0.338 e. The molecule has 2 unspecified atom stereocenters. The number of benzene rings is 2. The first-order valence-corrected chi connectivity index (χ1v) is 9.17. The predicted octanol–water partition coefficient (Wildman–Crippen LogP) is 3.13. The van der Waals surface area contributed by atoms with E-state index in [9.17, 15) is 13.6 Å². The second-order valence-electron chi connectivity index (χ2n) is 6.98. The molecule has 2 aromatic rings. The lowest BCUT2D eigenvalue weighted by atomic mass is 10.0. The summed E-state index contributed by atoms with van der Waals surface area (Å²) < 4.78 is 26.8. The van der Waals surface area contributed by atoms with Gasteiger partial charge in [-0.25, -0.2) is 8.78 Å². The SMILES string of the molecule is CC(c1ccc(F)cc1)N(C)C(=O)CN1CCNCC1c1cccc(F)c1. The number of amides is 1. The zero-order chi connectivity index (χ0) is 19.4. The molecule has 3 rings (SSSR count). The first-order chi connectivity index (χ1) is 13.0. The van der Waals surface area contributed by atoms with Gasteiger partial charge < -0.3 is 10.2 Å². The molecule has 0 aliphatic carbocycles. The Kier molecular flexibility index (Phi) is 6.19. The Labute approximate surface area is 158 Å². The lowest BCUT2D eigenvalue weighted by Crippen LogP contribution is -2.50. The minimum absolute atomic E-state index is 0.0184. The molecule has 144 valence electrons. The van der Waals surface area contributed by atoms with Crippen LogP contribution in [0.4, 0.5) is 8.78 Å². The molecule has 4 nitrogen and oxygen atoms in total. The Morgan fingerprint density at radius 2 is 1.96 bits per heavy atom. The zero-order valence-electron chi connectivity index (χ0n) is 15.7. The van der Waals surface area contributed by atoms with Crippen molar-refractivity contribution in [3.8, 4) is 0 Å². The average Bonchev–Trinajstić information content (AvgIpc) is 2.68. The molecule has 0 bridgehead atoms. The van der Waals surface area contributed by atoms with Gasteiger partial charge in [0.2, 0.25) is 5.91 Å². The van der Waals surface area contributed by atoms with Crippen LogP contribution in [0.1, 0.15) is 30.1 Å². The first-order valence-electron chi connectivity index (χ1n) is 9.17. The fraction of sp³-hybridized carbons (Fsp3) is 0.381. The lowest BCUT2D eigenvalue weighted by Gasteiger charge is -2.37. The maximum Gasteiger partial charge on any atom is 0.237 e. The minimum atomic E-state index is -0.293. The first kappa shape index (κ1) is 19.5. The number of rotatable bonds is 5. The molecule has 2 atom stereocenters. The maximum absolute atomic E-state index is 13.6. The Morgan fingerprint density at radius 1 is 1.22 bits per heavy atom. The Hall–Kier alpha value is -2.31. The highest BCUT2D eigenvalue weighted by Crippen LogP contribution is 2.24. The molecule has 0 radical (unpaired) electrons. The summed E-state index contributed by atoms with van der Waals surface area (Å²) in [4.78, 5) is 16.6. The average molecular weight is 373 g/mol. The van der Waals surface area contributed by atoms with Crippen molar-refractivity contribution >= 4 is 5.91 Å². The fourth-order valence-electron chi connectivity index (χ4n) is 3.44. The highest BCUT2D eigenvalue weighted by molar-refractivity contribution is 5.78. The van der Waals surface area contributed by atoms with E-state index in [4.69, 9.17) is 0 Å². The third-order valence-corrected chi connectivity index (χ3v) is 5.25. The van der Waals surface area contributed by atoms with Gasteiger partial charge in [0.05, 0.1) is 12.6 Å². The van der Waals surface area contributed by atoms with E-state index in [0.29, 0.717) is 13.1 Å². The van der Waals surface area contributed by atoms with Gasteiger partial charge in [0.25, 0.3) is 0 Å². The summed E-state index contributed by atoms with van der Waals surface area (Å²) in [7, 11) is 1.76. The fourth-order valence-corrected chi connectivity index (χ4v) is 3.44. The van der Waals surface area contributed by atoms with E-state index in [-0.39, 0.29) is 36.2 Å². The van der Waals surface area contributed by atoms with E-state index in [1.54, 1.807) is 30.1 Å². The van der Waals surface area contributed by atoms with Crippen LogP contribution < -0.4 is 5.32 Å². The van der Waals surface area contributed by atoms with Gasteiger partial charge in [-0.1, -0.05) is 24.3 Å². The molecule has 1 aliphatic heterocycles. The smallest absolute Gasteiger partial charge is 0.237 e. The number of carbonyl (C=O) groups excluding carboxylic acids is 1. The number of hydrogen-bond acceptors (Lipinski definition) is 3. The van der Waals surface area contributed by atoms with Crippen molar-refractivity contribution in [2.75, 3.05) is 33.2 Å². The third kappa shape index (κ3) is 4.70. The van der Waals surface area contributed by atoms with Gasteiger partial charge >= 0.3 is 0 Å². The van der Waals surface area contributed by atoms with Crippen molar-refractivity contribution in [2.24, 2.45) is 0 Å². The summed E-state index contributed by atoms with van der Waals surface area (Å²) in [5, 5.41) is 3.31. The summed E-state index contributed by atoms with van der Waals surface area (Å²) in [6.07, 6.45) is 0. The molecule has 0 aromatic heterocycles. The van der Waals surface area contributed by atoms with E-state index in [1.807, 2.05) is 13.0 Å². The molecule has 1 saturated heterocycles. The van der Waals surface area contributed by atoms with Crippen LogP contribution >= 0.6 is 0 Å². The number of nitrogens with one attached hydrogen (secondary N) is 1. The number of piperazine rings is 1. The van der Waals surface area contributed by atoms with Gasteiger partial charge in [-0.2, -0.15) is 0 Å². The lowest BCUT2D eigenvalue weighted by molar-refractivity contribution is -0.133. The summed E-state index contributed by atoms with van der Waals surface area (Å²) >= 11 is 0. The molecule has 6 heteroatoms. The molecule has 1 amide bonds. The van der Waals surface area contributed by atoms with E-state index in [1.165, 1.54) is 24.3 Å². The van der Waals surface area contributed by atoms with Crippen LogP contribution in [0.5, 0.6) is 0 Å². The van der Waals surface area contributed by atoms with Crippen LogP contribution in [0.15, 0.2) is 48.5 Å². The number of carbonyl (C=O) groups is 1. The molecule has 1 fully saturated rings. The van der Waals surface area contributed by atoms with Crippen LogP contribution in [-0.4, -0.2) is 48.9 Å². The van der Waals surface area contributed by atoms with E-state index in [2.05, 4.69) is 10.2 Å². The van der Waals surface area contributed by atoms with Gasteiger partial charge in [0.15, 0.2) is 0 Å². The largest absolute Gasteiger partial charge is 0.338 e. The van der Waals surface area contributed by atoms with Gasteiger partial charge in [0.1, 0.15) is 11.6 Å². The molecule has 1 aliphatic rings. The zero-order valence-corrected chi connectivity index (χ0v) is 15.7. The molecule has 1 heterocycles. The normalized spacial score (nSPS) is 18.9.